The quantitative estimate of drug-likeness (QED) is 0.398. The van der Waals surface area contributed by atoms with Crippen LogP contribution in [0.3, 0.4) is 0 Å². The summed E-state index contributed by atoms with van der Waals surface area (Å²) in [5.74, 6) is 2.67. The zero-order chi connectivity index (χ0) is 16.0. The molecule has 0 aromatic heterocycles. The van der Waals surface area contributed by atoms with Gasteiger partial charge in [-0.1, -0.05) is 0 Å². The maximum absolute atomic E-state index is 6.52. The van der Waals surface area contributed by atoms with Gasteiger partial charge in [0, 0.05) is 0 Å². The maximum Gasteiger partial charge on any atom is 0.317 e. The molecule has 0 aromatic carbocycles. The largest absolute Gasteiger partial charge is 0.416 e. The van der Waals surface area contributed by atoms with Crippen LogP contribution in [-0.2, 0) is 12.3 Å². The van der Waals surface area contributed by atoms with Gasteiger partial charge in [0.2, 0.25) is 0 Å². The molecule has 0 N–H and O–H groups in total. The van der Waals surface area contributed by atoms with Crippen LogP contribution in [0.25, 0.3) is 0 Å². The van der Waals surface area contributed by atoms with Gasteiger partial charge in [0.1, 0.15) is 0 Å². The van der Waals surface area contributed by atoms with Crippen molar-refractivity contribution in [2.24, 2.45) is 0 Å². The predicted molar refractivity (Wildman–Crippen MR) is 108 cm³/mol. The van der Waals surface area contributed by atoms with Gasteiger partial charge in [0.25, 0.3) is 0 Å². The molecule has 0 unspecified atom stereocenters. The molecule has 0 radical (unpaired) electrons. The monoisotopic (exact) mass is 402 g/mol. The van der Waals surface area contributed by atoms with Gasteiger partial charge >= 0.3 is 25.7 Å². The van der Waals surface area contributed by atoms with Crippen LogP contribution in [0.2, 0.25) is 37.8 Å². The minimum Gasteiger partial charge on any atom is -0.416 e. The molecule has 126 valence electrons. The van der Waals surface area contributed by atoms with Crippen LogP contribution in [0.1, 0.15) is 19.3 Å². The van der Waals surface area contributed by atoms with E-state index in [1.54, 1.807) is 0 Å². The Morgan fingerprint density at radius 3 is 1.00 bits per heavy atom. The normalized spacial score (nSPS) is 36.9. The molecule has 0 aromatic rings. The van der Waals surface area contributed by atoms with Crippen molar-refractivity contribution in [2.45, 2.75) is 57.0 Å². The molecular weight excluding hydrogens is 373 g/mol. The van der Waals surface area contributed by atoms with E-state index in [1.807, 2.05) is 0 Å². The summed E-state index contributed by atoms with van der Waals surface area (Å²) in [5.41, 5.74) is 0. The van der Waals surface area contributed by atoms with Crippen molar-refractivity contribution in [2.75, 3.05) is 17.3 Å². The number of rotatable bonds is 9. The summed E-state index contributed by atoms with van der Waals surface area (Å²) in [5, 5.41) is 0. The zero-order valence-corrected chi connectivity index (χ0v) is 19.1. The Morgan fingerprint density at radius 1 is 0.571 bits per heavy atom. The van der Waals surface area contributed by atoms with Crippen LogP contribution >= 0.6 is 37.9 Å². The molecule has 0 bridgehead atoms. The van der Waals surface area contributed by atoms with Crippen LogP contribution in [0.4, 0.5) is 0 Å². The van der Waals surface area contributed by atoms with Crippen molar-refractivity contribution < 1.29 is 12.3 Å². The average Bonchev–Trinajstić information content (AvgIpc) is 2.39. The van der Waals surface area contributed by atoms with Crippen LogP contribution in [0, 0.1) is 0 Å². The Balaban J connectivity index is 2.86. The lowest BCUT2D eigenvalue weighted by atomic mass is 10.6. The Morgan fingerprint density at radius 2 is 0.810 bits per heavy atom. The van der Waals surface area contributed by atoms with Gasteiger partial charge in [-0.3, -0.25) is 0 Å². The summed E-state index contributed by atoms with van der Waals surface area (Å²) >= 11 is 13.0. The fraction of sp³-hybridized carbons (Fsp3) is 1.00. The summed E-state index contributed by atoms with van der Waals surface area (Å²) in [6.07, 6.45) is 3.17. The number of hydrogen-bond acceptors (Lipinski definition) is 6. The van der Waals surface area contributed by atoms with Crippen molar-refractivity contribution in [1.29, 1.82) is 0 Å². The van der Waals surface area contributed by atoms with Crippen molar-refractivity contribution in [3.8, 4) is 0 Å². The third-order valence-electron chi connectivity index (χ3n) is 3.66. The summed E-state index contributed by atoms with van der Waals surface area (Å²) in [6, 6.07) is 3.06. The summed E-state index contributed by atoms with van der Waals surface area (Å²) in [6.45, 7) is 6.66. The predicted octanol–water partition coefficient (Wildman–Crippen LogP) is 4.23. The van der Waals surface area contributed by atoms with Crippen LogP contribution in [0.15, 0.2) is 0 Å². The lowest BCUT2D eigenvalue weighted by molar-refractivity contribution is 0.221. The van der Waals surface area contributed by atoms with Gasteiger partial charge < -0.3 is 12.3 Å². The van der Waals surface area contributed by atoms with E-state index >= 15 is 0 Å². The van der Waals surface area contributed by atoms with Gasteiger partial charge in [-0.2, -0.15) is 37.9 Å². The third kappa shape index (κ3) is 6.92. The smallest absolute Gasteiger partial charge is 0.317 e. The minimum atomic E-state index is -2.13. The Hall–Kier alpha value is 1.58. The molecule has 0 aliphatic carbocycles. The molecule has 1 heterocycles. The molecule has 1 rings (SSSR count). The molecule has 1 saturated heterocycles. The standard InChI is InChI=1S/C12H30O3S3Si3/c1-19(10-4-7-16)13-20(2,11-5-8-17)15-21(3,14-19)12-6-9-18/h16-18H,4-12H2,1-3H3. The Labute approximate surface area is 149 Å². The molecule has 0 saturated carbocycles. The lowest BCUT2D eigenvalue weighted by Gasteiger charge is -2.50. The Kier molecular flexibility index (Phi) is 9.00. The van der Waals surface area contributed by atoms with Gasteiger partial charge in [-0.25, -0.2) is 0 Å². The lowest BCUT2D eigenvalue weighted by Crippen LogP contribution is -2.67. The first-order valence-corrected chi connectivity index (χ1v) is 17.2. The van der Waals surface area contributed by atoms with E-state index in [1.165, 1.54) is 0 Å². The highest BCUT2D eigenvalue weighted by atomic mass is 32.1. The van der Waals surface area contributed by atoms with E-state index in [2.05, 4.69) is 57.5 Å². The summed E-state index contributed by atoms with van der Waals surface area (Å²) in [7, 11) is -6.39. The third-order valence-corrected chi connectivity index (χ3v) is 18.8. The molecule has 0 spiro atoms. The minimum absolute atomic E-state index is 0.889. The average molecular weight is 403 g/mol. The molecule has 1 aliphatic rings. The summed E-state index contributed by atoms with van der Waals surface area (Å²) < 4.78 is 19.6. The molecular formula is C12H30O3S3Si3. The second-order valence-corrected chi connectivity index (χ2v) is 18.3. The van der Waals surface area contributed by atoms with Gasteiger partial charge in [-0.05, 0) is 74.3 Å². The van der Waals surface area contributed by atoms with Crippen molar-refractivity contribution in [1.82, 2.24) is 0 Å². The molecule has 0 atom stereocenters. The van der Waals surface area contributed by atoms with Crippen LogP contribution < -0.4 is 0 Å². The van der Waals surface area contributed by atoms with Crippen molar-refractivity contribution in [3.63, 3.8) is 0 Å². The second-order valence-electron chi connectivity index (χ2n) is 6.19. The van der Waals surface area contributed by atoms with Gasteiger partial charge in [0.15, 0.2) is 0 Å². The van der Waals surface area contributed by atoms with E-state index < -0.39 is 25.7 Å². The van der Waals surface area contributed by atoms with Crippen LogP contribution in [0.5, 0.6) is 0 Å². The summed E-state index contributed by atoms with van der Waals surface area (Å²) in [4.78, 5) is 0. The van der Waals surface area contributed by atoms with Crippen LogP contribution in [-0.4, -0.2) is 42.9 Å². The first-order chi connectivity index (χ1) is 9.80. The second kappa shape index (κ2) is 9.17. The SMILES string of the molecule is C[Si]1(CCCS)O[Si](C)(CCCS)O[Si](C)(CCCS)O1. The molecule has 1 aliphatic heterocycles. The highest BCUT2D eigenvalue weighted by Crippen LogP contribution is 2.38. The van der Waals surface area contributed by atoms with E-state index in [0.29, 0.717) is 0 Å². The fourth-order valence-corrected chi connectivity index (χ4v) is 21.8. The molecule has 21 heavy (non-hydrogen) atoms. The number of hydrogen-bond donors (Lipinski definition) is 3. The highest BCUT2D eigenvalue weighted by molar-refractivity contribution is 7.80. The maximum atomic E-state index is 6.52. The van der Waals surface area contributed by atoms with E-state index in [4.69, 9.17) is 12.3 Å². The van der Waals surface area contributed by atoms with E-state index in [-0.39, 0.29) is 0 Å². The van der Waals surface area contributed by atoms with E-state index in [0.717, 1.165) is 54.7 Å². The van der Waals surface area contributed by atoms with Crippen molar-refractivity contribution in [3.05, 3.63) is 0 Å². The first-order valence-electron chi connectivity index (χ1n) is 7.73. The number of thiol groups is 3. The van der Waals surface area contributed by atoms with E-state index in [9.17, 15) is 0 Å². The van der Waals surface area contributed by atoms with Gasteiger partial charge in [-0.15, -0.1) is 0 Å². The topological polar surface area (TPSA) is 27.7 Å². The zero-order valence-electron chi connectivity index (χ0n) is 13.4. The fourth-order valence-electron chi connectivity index (χ4n) is 2.94. The molecule has 0 amide bonds. The molecule has 1 fully saturated rings. The Bertz CT molecular complexity index is 270. The van der Waals surface area contributed by atoms with Gasteiger partial charge in [0.05, 0.1) is 0 Å². The molecule has 9 heteroatoms. The van der Waals surface area contributed by atoms with Crippen molar-refractivity contribution >= 4 is 63.6 Å². The highest BCUT2D eigenvalue weighted by Gasteiger charge is 2.55. The first kappa shape index (κ1) is 20.6. The molecule has 3 nitrogen and oxygen atoms in total.